The Morgan fingerprint density at radius 3 is 2.84 bits per heavy atom. The Bertz CT molecular complexity index is 562. The van der Waals surface area contributed by atoms with E-state index in [2.05, 4.69) is 16.2 Å². The second kappa shape index (κ2) is 6.90. The number of rotatable bonds is 6. The molecular weight excluding hydrogens is 265 g/mol. The molecule has 0 aliphatic rings. The Hall–Kier alpha value is -1.87. The van der Waals surface area contributed by atoms with Crippen molar-refractivity contribution < 1.29 is 8.91 Å². The molecule has 0 saturated heterocycles. The van der Waals surface area contributed by atoms with Crippen LogP contribution < -0.4 is 0 Å². The Labute approximate surface area is 114 Å². The quantitative estimate of drug-likeness (QED) is 0.598. The molecule has 1 aromatic carbocycles. The van der Waals surface area contributed by atoms with Crippen molar-refractivity contribution in [3.63, 3.8) is 0 Å². The van der Waals surface area contributed by atoms with Crippen LogP contribution in [0, 0.1) is 17.1 Å². The first-order valence-corrected chi connectivity index (χ1v) is 6.83. The zero-order chi connectivity index (χ0) is 13.5. The highest BCUT2D eigenvalue weighted by atomic mass is 32.2. The lowest BCUT2D eigenvalue weighted by atomic mass is 10.2. The van der Waals surface area contributed by atoms with Crippen molar-refractivity contribution >= 4 is 11.8 Å². The molecule has 0 unspecified atom stereocenters. The number of halogens is 1. The molecule has 1 heterocycles. The van der Waals surface area contributed by atoms with Crippen LogP contribution in [0.15, 0.2) is 33.7 Å². The van der Waals surface area contributed by atoms with Gasteiger partial charge < -0.3 is 4.52 Å². The van der Waals surface area contributed by atoms with Gasteiger partial charge in [-0.05, 0) is 30.7 Å². The molecule has 2 rings (SSSR count). The summed E-state index contributed by atoms with van der Waals surface area (Å²) in [5.74, 6) is 1.50. The molecule has 4 nitrogen and oxygen atoms in total. The topological polar surface area (TPSA) is 62.7 Å². The predicted molar refractivity (Wildman–Crippen MR) is 68.8 cm³/mol. The number of aryl methyl sites for hydroxylation is 1. The minimum atomic E-state index is -0.247. The van der Waals surface area contributed by atoms with Gasteiger partial charge >= 0.3 is 0 Å². The molecule has 0 spiro atoms. The number of hydrogen-bond donors (Lipinski definition) is 0. The minimum absolute atomic E-state index is 0.247. The molecule has 0 aliphatic carbocycles. The second-order valence-corrected chi connectivity index (χ2v) is 4.91. The third-order valence-electron chi connectivity index (χ3n) is 2.37. The van der Waals surface area contributed by atoms with Crippen LogP contribution in [-0.2, 0) is 12.2 Å². The summed E-state index contributed by atoms with van der Waals surface area (Å²) >= 11 is 1.52. The van der Waals surface area contributed by atoms with Gasteiger partial charge in [-0.3, -0.25) is 0 Å². The molecule has 0 aliphatic heterocycles. The van der Waals surface area contributed by atoms with Crippen molar-refractivity contribution in [3.8, 4) is 6.07 Å². The molecule has 19 heavy (non-hydrogen) atoms. The Morgan fingerprint density at radius 2 is 2.11 bits per heavy atom. The van der Waals surface area contributed by atoms with Crippen LogP contribution in [0.3, 0.4) is 0 Å². The smallest absolute Gasteiger partial charge is 0.226 e. The monoisotopic (exact) mass is 277 g/mol. The summed E-state index contributed by atoms with van der Waals surface area (Å²) < 4.78 is 17.8. The average Bonchev–Trinajstić information content (AvgIpc) is 2.86. The molecule has 0 saturated carbocycles. The maximum atomic E-state index is 12.7. The van der Waals surface area contributed by atoms with Gasteiger partial charge in [-0.15, -0.1) is 11.8 Å². The van der Waals surface area contributed by atoms with Crippen molar-refractivity contribution in [3.05, 3.63) is 41.8 Å². The van der Waals surface area contributed by atoms with Gasteiger partial charge in [0.05, 0.1) is 11.8 Å². The van der Waals surface area contributed by atoms with E-state index < -0.39 is 0 Å². The predicted octanol–water partition coefficient (Wildman–Crippen LogP) is 3.35. The van der Waals surface area contributed by atoms with Gasteiger partial charge in [0.1, 0.15) is 5.82 Å². The van der Waals surface area contributed by atoms with Crippen LogP contribution >= 0.6 is 11.8 Å². The van der Waals surface area contributed by atoms with Gasteiger partial charge in [-0.25, -0.2) is 4.39 Å². The number of thioether (sulfide) groups is 1. The summed E-state index contributed by atoms with van der Waals surface area (Å²) in [4.78, 5) is 5.19. The highest BCUT2D eigenvalue weighted by Crippen LogP contribution is 2.21. The summed E-state index contributed by atoms with van der Waals surface area (Å²) in [6, 6.07) is 8.35. The highest BCUT2D eigenvalue weighted by molar-refractivity contribution is 7.98. The summed E-state index contributed by atoms with van der Waals surface area (Å²) in [6.45, 7) is 0. The van der Waals surface area contributed by atoms with E-state index in [9.17, 15) is 4.39 Å². The van der Waals surface area contributed by atoms with E-state index >= 15 is 0 Å². The number of unbranched alkanes of at least 4 members (excludes halogenated alkanes) is 1. The van der Waals surface area contributed by atoms with E-state index in [1.54, 1.807) is 12.1 Å². The Balaban J connectivity index is 1.83. The SMILES string of the molecule is N#CCCCc1nc(CSc2ccc(F)cc2)no1. The molecule has 0 radical (unpaired) electrons. The lowest BCUT2D eigenvalue weighted by Crippen LogP contribution is -1.87. The molecular formula is C13H12FN3OS. The summed E-state index contributed by atoms with van der Waals surface area (Å²) in [5, 5.41) is 12.3. The number of hydrogen-bond acceptors (Lipinski definition) is 5. The van der Waals surface area contributed by atoms with Crippen molar-refractivity contribution in [1.82, 2.24) is 10.1 Å². The minimum Gasteiger partial charge on any atom is -0.339 e. The lowest BCUT2D eigenvalue weighted by Gasteiger charge is -1.97. The van der Waals surface area contributed by atoms with Gasteiger partial charge in [-0.1, -0.05) is 5.16 Å². The number of nitrogens with zero attached hydrogens (tertiary/aromatic N) is 3. The maximum Gasteiger partial charge on any atom is 0.226 e. The first kappa shape index (κ1) is 13.6. The zero-order valence-electron chi connectivity index (χ0n) is 10.2. The molecule has 0 fully saturated rings. The summed E-state index contributed by atoms with van der Waals surface area (Å²) in [6.07, 6.45) is 1.84. The molecule has 0 atom stereocenters. The van der Waals surface area contributed by atoms with E-state index in [1.165, 1.54) is 23.9 Å². The van der Waals surface area contributed by atoms with Gasteiger partial charge in [0.15, 0.2) is 5.82 Å². The van der Waals surface area contributed by atoms with E-state index in [0.29, 0.717) is 30.3 Å². The van der Waals surface area contributed by atoms with Gasteiger partial charge in [0.25, 0.3) is 0 Å². The van der Waals surface area contributed by atoms with Crippen LogP contribution in [-0.4, -0.2) is 10.1 Å². The van der Waals surface area contributed by atoms with Crippen molar-refractivity contribution in [2.45, 2.75) is 29.9 Å². The Morgan fingerprint density at radius 1 is 1.32 bits per heavy atom. The van der Waals surface area contributed by atoms with Crippen LogP contribution in [0.4, 0.5) is 4.39 Å². The maximum absolute atomic E-state index is 12.7. The third kappa shape index (κ3) is 4.38. The molecule has 98 valence electrons. The third-order valence-corrected chi connectivity index (χ3v) is 3.38. The standard InChI is InChI=1S/C13H12FN3OS/c14-10-4-6-11(7-5-10)19-9-12-16-13(18-17-12)3-1-2-8-15/h4-7H,1-3,9H2. The van der Waals surface area contributed by atoms with E-state index in [-0.39, 0.29) is 5.82 Å². The largest absolute Gasteiger partial charge is 0.339 e. The zero-order valence-corrected chi connectivity index (χ0v) is 11.0. The van der Waals surface area contributed by atoms with Crippen molar-refractivity contribution in [1.29, 1.82) is 5.26 Å². The van der Waals surface area contributed by atoms with E-state index in [0.717, 1.165) is 11.3 Å². The molecule has 2 aromatic rings. The highest BCUT2D eigenvalue weighted by Gasteiger charge is 2.06. The van der Waals surface area contributed by atoms with Crippen LogP contribution in [0.25, 0.3) is 0 Å². The molecule has 1 aromatic heterocycles. The first-order chi connectivity index (χ1) is 9.28. The fourth-order valence-electron chi connectivity index (χ4n) is 1.45. The summed E-state index contributed by atoms with van der Waals surface area (Å²) in [7, 11) is 0. The van der Waals surface area contributed by atoms with Crippen LogP contribution in [0.1, 0.15) is 24.6 Å². The van der Waals surface area contributed by atoms with Gasteiger partial charge in [0, 0.05) is 17.7 Å². The molecule has 0 bridgehead atoms. The summed E-state index contributed by atoms with van der Waals surface area (Å²) in [5.41, 5.74) is 0. The van der Waals surface area contributed by atoms with Gasteiger partial charge in [0.2, 0.25) is 5.89 Å². The number of aromatic nitrogens is 2. The molecule has 0 amide bonds. The second-order valence-electron chi connectivity index (χ2n) is 3.86. The number of benzene rings is 1. The Kier molecular flexibility index (Phi) is 4.93. The lowest BCUT2D eigenvalue weighted by molar-refractivity contribution is 0.372. The van der Waals surface area contributed by atoms with E-state index in [1.807, 2.05) is 0 Å². The van der Waals surface area contributed by atoms with E-state index in [4.69, 9.17) is 9.78 Å². The number of nitriles is 1. The molecule has 6 heteroatoms. The fraction of sp³-hybridized carbons (Fsp3) is 0.308. The van der Waals surface area contributed by atoms with Crippen LogP contribution in [0.2, 0.25) is 0 Å². The molecule has 0 N–H and O–H groups in total. The van der Waals surface area contributed by atoms with Crippen molar-refractivity contribution in [2.75, 3.05) is 0 Å². The average molecular weight is 277 g/mol. The normalized spacial score (nSPS) is 10.3. The van der Waals surface area contributed by atoms with Crippen molar-refractivity contribution in [2.24, 2.45) is 0 Å². The fourth-order valence-corrected chi connectivity index (χ4v) is 2.19. The first-order valence-electron chi connectivity index (χ1n) is 5.84. The van der Waals surface area contributed by atoms with Gasteiger partial charge in [-0.2, -0.15) is 10.2 Å². The van der Waals surface area contributed by atoms with Crippen LogP contribution in [0.5, 0.6) is 0 Å².